The van der Waals surface area contributed by atoms with Crippen molar-refractivity contribution < 1.29 is 18.8 Å². The van der Waals surface area contributed by atoms with Crippen LogP contribution in [0.3, 0.4) is 0 Å². The lowest BCUT2D eigenvalue weighted by atomic mass is 9.87. The van der Waals surface area contributed by atoms with Crippen LogP contribution in [0.15, 0.2) is 65.4 Å². The van der Waals surface area contributed by atoms with E-state index in [1.807, 2.05) is 69.3 Å². The molecule has 202 valence electrons. The quantitative estimate of drug-likeness (QED) is 0.262. The summed E-state index contributed by atoms with van der Waals surface area (Å²) >= 11 is 0. The first-order valence-electron chi connectivity index (χ1n) is 13.4. The molecule has 1 aliphatic rings. The van der Waals surface area contributed by atoms with Gasteiger partial charge in [-0.25, -0.2) is 15.0 Å². The van der Waals surface area contributed by atoms with E-state index >= 15 is 0 Å². The second-order valence-corrected chi connectivity index (χ2v) is 10.0. The molecule has 4 aromatic rings. The molecule has 9 nitrogen and oxygen atoms in total. The van der Waals surface area contributed by atoms with Gasteiger partial charge in [0.1, 0.15) is 11.4 Å². The maximum absolute atomic E-state index is 12.3. The number of benzene rings is 1. The minimum Gasteiger partial charge on any atom is -0.489 e. The summed E-state index contributed by atoms with van der Waals surface area (Å²) in [4.78, 5) is 25.9. The van der Waals surface area contributed by atoms with Gasteiger partial charge in [0.25, 0.3) is 0 Å². The second kappa shape index (κ2) is 12.1. The summed E-state index contributed by atoms with van der Waals surface area (Å²) in [5, 5.41) is 7.45. The zero-order valence-corrected chi connectivity index (χ0v) is 22.5. The molecule has 3 heterocycles. The predicted molar refractivity (Wildman–Crippen MR) is 147 cm³/mol. The molecule has 1 fully saturated rings. The second-order valence-electron chi connectivity index (χ2n) is 10.0. The van der Waals surface area contributed by atoms with Crippen molar-refractivity contribution >= 4 is 11.9 Å². The molecule has 1 aliphatic carbocycles. The van der Waals surface area contributed by atoms with Crippen LogP contribution in [-0.4, -0.2) is 38.3 Å². The summed E-state index contributed by atoms with van der Waals surface area (Å²) in [6.07, 6.45) is 6.59. The van der Waals surface area contributed by atoms with Gasteiger partial charge in [0.15, 0.2) is 5.76 Å². The lowest BCUT2D eigenvalue weighted by molar-refractivity contribution is -0.154. The Morgan fingerprint density at radius 3 is 2.69 bits per heavy atom. The number of hydrogen-bond acceptors (Lipinski definition) is 9. The van der Waals surface area contributed by atoms with Gasteiger partial charge in [-0.15, -0.1) is 0 Å². The Balaban J connectivity index is 1.23. The van der Waals surface area contributed by atoms with Crippen LogP contribution < -0.4 is 10.1 Å². The molecule has 3 aromatic heterocycles. The van der Waals surface area contributed by atoms with Crippen LogP contribution in [0.1, 0.15) is 50.8 Å². The first-order valence-corrected chi connectivity index (χ1v) is 13.4. The van der Waals surface area contributed by atoms with Gasteiger partial charge in [-0.3, -0.25) is 4.79 Å². The number of carbonyl (C=O) groups excluding carboxylic acids is 1. The smallest absolute Gasteiger partial charge is 0.309 e. The standard InChI is InChI=1S/C30H33N5O4/c1-19(2)37-29(36)22-10-7-11-23(16-22)38-24-12-13-27(32-17-24)28-25(20(3)35-39-28)18-33-30-31-15-14-26(34-30)21-8-5-4-6-9-21/h4-6,8-9,12-15,17,19,22-23H,7,10-11,16,18H2,1-3H3,(H,31,33,34)/t22-,23?/m0/s1. The third kappa shape index (κ3) is 6.60. The van der Waals surface area contributed by atoms with E-state index in [9.17, 15) is 4.79 Å². The molecule has 2 atom stereocenters. The van der Waals surface area contributed by atoms with E-state index in [4.69, 9.17) is 14.0 Å². The molecule has 0 bridgehead atoms. The molecule has 0 aliphatic heterocycles. The number of aromatic nitrogens is 4. The third-order valence-corrected chi connectivity index (χ3v) is 6.72. The Morgan fingerprint density at radius 2 is 1.92 bits per heavy atom. The van der Waals surface area contributed by atoms with Gasteiger partial charge < -0.3 is 19.3 Å². The monoisotopic (exact) mass is 527 g/mol. The van der Waals surface area contributed by atoms with Crippen LogP contribution in [0.2, 0.25) is 0 Å². The molecule has 0 amide bonds. The number of ether oxygens (including phenoxy) is 2. The molecule has 1 saturated carbocycles. The van der Waals surface area contributed by atoms with Crippen molar-refractivity contribution in [3.05, 3.63) is 72.2 Å². The van der Waals surface area contributed by atoms with Crippen molar-refractivity contribution in [2.75, 3.05) is 5.32 Å². The molecule has 0 spiro atoms. The SMILES string of the molecule is Cc1noc(-c2ccc(OC3CCC[C@H](C(=O)OC(C)C)C3)cn2)c1CNc1nccc(-c2ccccc2)n1. The fourth-order valence-electron chi connectivity index (χ4n) is 4.75. The summed E-state index contributed by atoms with van der Waals surface area (Å²) in [7, 11) is 0. The molecule has 39 heavy (non-hydrogen) atoms. The molecule has 0 saturated heterocycles. The topological polar surface area (TPSA) is 112 Å². The summed E-state index contributed by atoms with van der Waals surface area (Å²) in [5.41, 5.74) is 4.16. The summed E-state index contributed by atoms with van der Waals surface area (Å²) in [6, 6.07) is 15.6. The molecule has 1 aromatic carbocycles. The Labute approximate surface area is 228 Å². The van der Waals surface area contributed by atoms with Crippen LogP contribution >= 0.6 is 0 Å². The van der Waals surface area contributed by atoms with Gasteiger partial charge in [0.05, 0.1) is 35.7 Å². The highest BCUT2D eigenvalue weighted by atomic mass is 16.5. The van der Waals surface area contributed by atoms with Gasteiger partial charge >= 0.3 is 5.97 Å². The van der Waals surface area contributed by atoms with E-state index in [0.717, 1.165) is 41.8 Å². The van der Waals surface area contributed by atoms with Crippen molar-refractivity contribution in [3.63, 3.8) is 0 Å². The minimum absolute atomic E-state index is 0.0463. The van der Waals surface area contributed by atoms with E-state index in [1.54, 1.807) is 12.4 Å². The van der Waals surface area contributed by atoms with Gasteiger partial charge in [-0.05, 0) is 64.7 Å². The molecule has 1 unspecified atom stereocenters. The first kappa shape index (κ1) is 26.3. The van der Waals surface area contributed by atoms with Gasteiger partial charge in [0.2, 0.25) is 5.95 Å². The summed E-state index contributed by atoms with van der Waals surface area (Å²) in [5.74, 6) is 1.50. The number of pyridine rings is 1. The third-order valence-electron chi connectivity index (χ3n) is 6.72. The lowest BCUT2D eigenvalue weighted by Gasteiger charge is -2.28. The fourth-order valence-corrected chi connectivity index (χ4v) is 4.75. The Morgan fingerprint density at radius 1 is 1.08 bits per heavy atom. The van der Waals surface area contributed by atoms with Crippen molar-refractivity contribution in [2.45, 2.75) is 65.2 Å². The van der Waals surface area contributed by atoms with E-state index in [-0.39, 0.29) is 24.1 Å². The maximum Gasteiger partial charge on any atom is 0.309 e. The highest BCUT2D eigenvalue weighted by Crippen LogP contribution is 2.31. The number of rotatable bonds is 9. The largest absolute Gasteiger partial charge is 0.489 e. The van der Waals surface area contributed by atoms with Gasteiger partial charge in [0, 0.05) is 23.9 Å². The molecular weight excluding hydrogens is 494 g/mol. The number of aryl methyl sites for hydroxylation is 1. The van der Waals surface area contributed by atoms with Crippen LogP contribution in [-0.2, 0) is 16.1 Å². The highest BCUT2D eigenvalue weighted by molar-refractivity contribution is 5.72. The van der Waals surface area contributed by atoms with Crippen LogP contribution in [0, 0.1) is 12.8 Å². The number of carbonyl (C=O) groups is 1. The normalized spacial score (nSPS) is 17.1. The highest BCUT2D eigenvalue weighted by Gasteiger charge is 2.30. The van der Waals surface area contributed by atoms with Crippen LogP contribution in [0.5, 0.6) is 5.75 Å². The first-order chi connectivity index (χ1) is 19.0. The molecule has 9 heteroatoms. The van der Waals surface area contributed by atoms with E-state index in [1.165, 1.54) is 0 Å². The molecular formula is C30H33N5O4. The zero-order chi connectivity index (χ0) is 27.2. The average molecular weight is 528 g/mol. The lowest BCUT2D eigenvalue weighted by Crippen LogP contribution is -2.31. The van der Waals surface area contributed by atoms with Crippen molar-refractivity contribution in [3.8, 4) is 28.5 Å². The molecule has 5 rings (SSSR count). The maximum atomic E-state index is 12.3. The number of esters is 1. The number of nitrogens with one attached hydrogen (secondary N) is 1. The number of hydrogen-bond donors (Lipinski definition) is 1. The summed E-state index contributed by atoms with van der Waals surface area (Å²) < 4.78 is 17.2. The minimum atomic E-state index is -0.134. The van der Waals surface area contributed by atoms with E-state index in [0.29, 0.717) is 36.1 Å². The number of nitrogens with zero attached hydrogens (tertiary/aromatic N) is 4. The van der Waals surface area contributed by atoms with Crippen molar-refractivity contribution in [2.24, 2.45) is 5.92 Å². The van der Waals surface area contributed by atoms with Crippen LogP contribution in [0.25, 0.3) is 22.7 Å². The predicted octanol–water partition coefficient (Wildman–Crippen LogP) is 6.00. The van der Waals surface area contributed by atoms with Crippen molar-refractivity contribution in [1.29, 1.82) is 0 Å². The zero-order valence-electron chi connectivity index (χ0n) is 22.5. The fraction of sp³-hybridized carbons (Fsp3) is 0.367. The van der Waals surface area contributed by atoms with Crippen LogP contribution in [0.4, 0.5) is 5.95 Å². The average Bonchev–Trinajstić information content (AvgIpc) is 3.32. The Hall–Kier alpha value is -4.27. The Kier molecular flexibility index (Phi) is 8.15. The summed E-state index contributed by atoms with van der Waals surface area (Å²) in [6.45, 7) is 6.07. The number of anilines is 1. The molecule has 1 N–H and O–H groups in total. The molecule has 0 radical (unpaired) electrons. The van der Waals surface area contributed by atoms with E-state index < -0.39 is 0 Å². The van der Waals surface area contributed by atoms with Gasteiger partial charge in [-0.1, -0.05) is 35.5 Å². The van der Waals surface area contributed by atoms with Crippen molar-refractivity contribution in [1.82, 2.24) is 20.1 Å². The Bertz CT molecular complexity index is 1390. The van der Waals surface area contributed by atoms with E-state index in [2.05, 4.69) is 25.4 Å². The van der Waals surface area contributed by atoms with Gasteiger partial charge in [-0.2, -0.15) is 0 Å².